The van der Waals surface area contributed by atoms with Crippen LogP contribution in [0, 0.1) is 0 Å². The van der Waals surface area contributed by atoms with Crippen LogP contribution in [0.25, 0.3) is 0 Å². The first kappa shape index (κ1) is 14.4. The third kappa shape index (κ3) is 4.19. The van der Waals surface area contributed by atoms with E-state index < -0.39 is 0 Å². The summed E-state index contributed by atoms with van der Waals surface area (Å²) in [7, 11) is 0. The Morgan fingerprint density at radius 1 is 1.00 bits per heavy atom. The normalized spacial score (nSPS) is 10.7. The SMILES string of the molecule is Brc1ccc(Cn2cc(CSc3ccccc3)nn2)cc1. The summed E-state index contributed by atoms with van der Waals surface area (Å²) in [6, 6.07) is 18.6. The van der Waals surface area contributed by atoms with Crippen molar-refractivity contribution in [2.75, 3.05) is 0 Å². The predicted molar refractivity (Wildman–Crippen MR) is 89.3 cm³/mol. The summed E-state index contributed by atoms with van der Waals surface area (Å²) >= 11 is 5.21. The fourth-order valence-corrected chi connectivity index (χ4v) is 2.99. The van der Waals surface area contributed by atoms with E-state index in [0.29, 0.717) is 0 Å². The van der Waals surface area contributed by atoms with Crippen LogP contribution in [-0.4, -0.2) is 15.0 Å². The van der Waals surface area contributed by atoms with Gasteiger partial charge < -0.3 is 0 Å². The molecule has 3 aromatic rings. The Labute approximate surface area is 136 Å². The van der Waals surface area contributed by atoms with Gasteiger partial charge in [0, 0.05) is 21.3 Å². The van der Waals surface area contributed by atoms with Crippen molar-refractivity contribution in [3.05, 3.63) is 76.5 Å². The quantitative estimate of drug-likeness (QED) is 0.633. The molecule has 0 aliphatic carbocycles. The number of rotatable bonds is 5. The molecule has 1 heterocycles. The molecule has 0 N–H and O–H groups in total. The Balaban J connectivity index is 1.59. The van der Waals surface area contributed by atoms with E-state index in [2.05, 4.69) is 50.5 Å². The molecular formula is C16H14BrN3S. The smallest absolute Gasteiger partial charge is 0.0929 e. The number of hydrogen-bond acceptors (Lipinski definition) is 3. The minimum absolute atomic E-state index is 0.746. The Morgan fingerprint density at radius 3 is 2.52 bits per heavy atom. The average Bonchev–Trinajstić information content (AvgIpc) is 2.96. The summed E-state index contributed by atoms with van der Waals surface area (Å²) < 4.78 is 2.97. The monoisotopic (exact) mass is 359 g/mol. The standard InChI is InChI=1S/C16H14BrN3S/c17-14-8-6-13(7-9-14)10-20-11-15(18-19-20)12-21-16-4-2-1-3-5-16/h1-9,11H,10,12H2. The Bertz CT molecular complexity index is 695. The molecule has 0 aliphatic rings. The molecule has 0 unspecified atom stereocenters. The molecule has 3 nitrogen and oxygen atoms in total. The molecule has 3 rings (SSSR count). The topological polar surface area (TPSA) is 30.7 Å². The minimum atomic E-state index is 0.746. The van der Waals surface area contributed by atoms with Crippen LogP contribution in [0.4, 0.5) is 0 Å². The highest BCUT2D eigenvalue weighted by atomic mass is 79.9. The first-order chi connectivity index (χ1) is 10.3. The lowest BCUT2D eigenvalue weighted by Crippen LogP contribution is -1.99. The number of aromatic nitrogens is 3. The van der Waals surface area contributed by atoms with E-state index in [9.17, 15) is 0 Å². The molecule has 0 bridgehead atoms. The molecule has 5 heteroatoms. The van der Waals surface area contributed by atoms with E-state index in [0.717, 1.165) is 22.5 Å². The maximum atomic E-state index is 4.23. The highest BCUT2D eigenvalue weighted by molar-refractivity contribution is 9.10. The maximum absolute atomic E-state index is 4.23. The summed E-state index contributed by atoms with van der Waals surface area (Å²) in [5.41, 5.74) is 2.21. The van der Waals surface area contributed by atoms with E-state index in [1.165, 1.54) is 10.5 Å². The fourth-order valence-electron chi connectivity index (χ4n) is 1.93. The van der Waals surface area contributed by atoms with Gasteiger partial charge >= 0.3 is 0 Å². The first-order valence-electron chi connectivity index (χ1n) is 6.61. The van der Waals surface area contributed by atoms with Gasteiger partial charge in [0.15, 0.2) is 0 Å². The number of thioether (sulfide) groups is 1. The van der Waals surface area contributed by atoms with Crippen molar-refractivity contribution in [2.45, 2.75) is 17.2 Å². The van der Waals surface area contributed by atoms with Gasteiger partial charge in [-0.05, 0) is 29.8 Å². The molecular weight excluding hydrogens is 346 g/mol. The highest BCUT2D eigenvalue weighted by Crippen LogP contribution is 2.21. The van der Waals surface area contributed by atoms with Crippen molar-refractivity contribution in [2.24, 2.45) is 0 Å². The van der Waals surface area contributed by atoms with Crippen LogP contribution < -0.4 is 0 Å². The van der Waals surface area contributed by atoms with Crippen molar-refractivity contribution in [1.29, 1.82) is 0 Å². The molecule has 21 heavy (non-hydrogen) atoms. The molecule has 106 valence electrons. The Morgan fingerprint density at radius 2 is 1.76 bits per heavy atom. The van der Waals surface area contributed by atoms with Crippen LogP contribution in [0.15, 0.2) is 70.2 Å². The van der Waals surface area contributed by atoms with E-state index >= 15 is 0 Å². The zero-order chi connectivity index (χ0) is 14.5. The number of hydrogen-bond donors (Lipinski definition) is 0. The van der Waals surface area contributed by atoms with Crippen LogP contribution in [0.2, 0.25) is 0 Å². The van der Waals surface area contributed by atoms with E-state index in [-0.39, 0.29) is 0 Å². The molecule has 0 fully saturated rings. The van der Waals surface area contributed by atoms with Gasteiger partial charge in [0.25, 0.3) is 0 Å². The van der Waals surface area contributed by atoms with Gasteiger partial charge in [-0.2, -0.15) is 0 Å². The first-order valence-corrected chi connectivity index (χ1v) is 8.39. The van der Waals surface area contributed by atoms with Crippen LogP contribution >= 0.6 is 27.7 Å². The molecule has 2 aromatic carbocycles. The number of benzene rings is 2. The third-order valence-corrected chi connectivity index (χ3v) is 4.55. The van der Waals surface area contributed by atoms with Gasteiger partial charge in [0.2, 0.25) is 0 Å². The van der Waals surface area contributed by atoms with Crippen LogP contribution in [0.5, 0.6) is 0 Å². The Kier molecular flexibility index (Phi) is 4.72. The zero-order valence-corrected chi connectivity index (χ0v) is 13.7. The molecule has 0 saturated heterocycles. The Hall–Kier alpha value is -1.59. The molecule has 0 radical (unpaired) electrons. The van der Waals surface area contributed by atoms with Gasteiger partial charge in [-0.1, -0.05) is 51.5 Å². The lowest BCUT2D eigenvalue weighted by molar-refractivity contribution is 0.649. The summed E-state index contributed by atoms with van der Waals surface area (Å²) in [5, 5.41) is 8.42. The lowest BCUT2D eigenvalue weighted by Gasteiger charge is -2.00. The third-order valence-electron chi connectivity index (χ3n) is 2.97. The van der Waals surface area contributed by atoms with Crippen molar-refractivity contribution in [3.63, 3.8) is 0 Å². The lowest BCUT2D eigenvalue weighted by atomic mass is 10.2. The zero-order valence-electron chi connectivity index (χ0n) is 11.3. The van der Waals surface area contributed by atoms with Gasteiger partial charge in [-0.15, -0.1) is 16.9 Å². The number of nitrogens with zero attached hydrogens (tertiary/aromatic N) is 3. The maximum Gasteiger partial charge on any atom is 0.0929 e. The van der Waals surface area contributed by atoms with Crippen LogP contribution in [0.3, 0.4) is 0 Å². The van der Waals surface area contributed by atoms with Crippen molar-refractivity contribution in [3.8, 4) is 0 Å². The van der Waals surface area contributed by atoms with E-state index in [1.807, 2.05) is 41.2 Å². The summed E-state index contributed by atoms with van der Waals surface area (Å²) in [6.07, 6.45) is 2.01. The van der Waals surface area contributed by atoms with E-state index in [1.54, 1.807) is 11.8 Å². The number of halogens is 1. The van der Waals surface area contributed by atoms with Crippen molar-refractivity contribution >= 4 is 27.7 Å². The van der Waals surface area contributed by atoms with Gasteiger partial charge in [-0.3, -0.25) is 0 Å². The van der Waals surface area contributed by atoms with Gasteiger partial charge in [0.05, 0.1) is 12.2 Å². The van der Waals surface area contributed by atoms with Crippen molar-refractivity contribution < 1.29 is 0 Å². The summed E-state index contributed by atoms with van der Waals surface area (Å²) in [5.74, 6) is 0.838. The van der Waals surface area contributed by atoms with Crippen LogP contribution in [0.1, 0.15) is 11.3 Å². The predicted octanol–water partition coefficient (Wildman–Crippen LogP) is 4.38. The molecule has 0 amide bonds. The highest BCUT2D eigenvalue weighted by Gasteiger charge is 2.03. The second kappa shape index (κ2) is 6.91. The minimum Gasteiger partial charge on any atom is -0.248 e. The molecule has 0 saturated carbocycles. The fraction of sp³-hybridized carbons (Fsp3) is 0.125. The van der Waals surface area contributed by atoms with E-state index in [4.69, 9.17) is 0 Å². The van der Waals surface area contributed by atoms with Gasteiger partial charge in [-0.25, -0.2) is 4.68 Å². The molecule has 0 spiro atoms. The van der Waals surface area contributed by atoms with Crippen LogP contribution in [-0.2, 0) is 12.3 Å². The molecule has 0 aliphatic heterocycles. The largest absolute Gasteiger partial charge is 0.248 e. The molecule has 1 aromatic heterocycles. The second-order valence-electron chi connectivity index (χ2n) is 4.64. The summed E-state index contributed by atoms with van der Waals surface area (Å²) in [4.78, 5) is 1.25. The summed E-state index contributed by atoms with van der Waals surface area (Å²) in [6.45, 7) is 0.746. The van der Waals surface area contributed by atoms with Crippen molar-refractivity contribution in [1.82, 2.24) is 15.0 Å². The average molecular weight is 360 g/mol. The second-order valence-corrected chi connectivity index (χ2v) is 6.60. The van der Waals surface area contributed by atoms with Gasteiger partial charge in [0.1, 0.15) is 0 Å². The molecule has 0 atom stereocenters.